The Hall–Kier alpha value is -2.98. The first-order chi connectivity index (χ1) is 15.9. The van der Waals surface area contributed by atoms with Crippen molar-refractivity contribution < 1.29 is 33.6 Å². The van der Waals surface area contributed by atoms with Gasteiger partial charge >= 0.3 is 12.2 Å². The normalized spacial score (nSPS) is 25.2. The van der Waals surface area contributed by atoms with Crippen molar-refractivity contribution in [2.24, 2.45) is 0 Å². The molecular weight excluding hydrogens is 430 g/mol. The summed E-state index contributed by atoms with van der Waals surface area (Å²) in [5.74, 6) is 1.38. The van der Waals surface area contributed by atoms with Gasteiger partial charge in [-0.2, -0.15) is 0 Å². The van der Waals surface area contributed by atoms with E-state index in [4.69, 9.17) is 18.9 Å². The fourth-order valence-corrected chi connectivity index (χ4v) is 4.93. The standard InChI is InChI=1S/C23H31N3O7/c1-4-31-21(28)24-26(22(29)32-5-2)14-25-11-10-23-9-8-16(27)12-18(23)33-20-17(30-3)7-6-15(13-25)19(20)23/h6-9,16,18,27H,4-5,10-14H2,1-3H3,(H,24,28)/t16-,18-,23-/m0/s1. The second-order valence-corrected chi connectivity index (χ2v) is 8.34. The third-order valence-electron chi connectivity index (χ3n) is 6.37. The second-order valence-electron chi connectivity index (χ2n) is 8.34. The SMILES string of the molecule is CCOC(=O)NN(CN1CC[C@@]23C=C[C@H](O)C[C@@H]2Oc2c(OC)ccc(c23)C1)C(=O)OCC. The molecule has 1 aromatic rings. The Bertz CT molecular complexity index is 937. The number of carbonyl (C=O) groups is 2. The first-order valence-electron chi connectivity index (χ1n) is 11.3. The van der Waals surface area contributed by atoms with Crippen LogP contribution in [-0.2, 0) is 21.4 Å². The van der Waals surface area contributed by atoms with Gasteiger partial charge in [0.25, 0.3) is 0 Å². The lowest BCUT2D eigenvalue weighted by atomic mass is 9.69. The van der Waals surface area contributed by atoms with Crippen LogP contribution in [0.3, 0.4) is 0 Å². The monoisotopic (exact) mass is 461 g/mol. The van der Waals surface area contributed by atoms with E-state index < -0.39 is 23.7 Å². The molecule has 0 unspecified atom stereocenters. The molecular formula is C23H31N3O7. The molecule has 1 spiro atoms. The topological polar surface area (TPSA) is 110 Å². The molecule has 1 aromatic carbocycles. The van der Waals surface area contributed by atoms with E-state index in [2.05, 4.69) is 16.4 Å². The number of hydrazine groups is 1. The van der Waals surface area contributed by atoms with Crippen LogP contribution in [0.25, 0.3) is 0 Å². The molecule has 2 amide bonds. The number of carbonyl (C=O) groups excluding carboxylic acids is 2. The molecule has 0 aromatic heterocycles. The lowest BCUT2D eigenvalue weighted by Crippen LogP contribution is -2.52. The van der Waals surface area contributed by atoms with Gasteiger partial charge in [-0.3, -0.25) is 4.90 Å². The van der Waals surface area contributed by atoms with Crippen molar-refractivity contribution in [3.05, 3.63) is 35.4 Å². The minimum atomic E-state index is -0.719. The molecule has 1 aliphatic carbocycles. The van der Waals surface area contributed by atoms with Crippen molar-refractivity contribution in [3.8, 4) is 11.5 Å². The zero-order valence-electron chi connectivity index (χ0n) is 19.2. The molecule has 2 aliphatic heterocycles. The van der Waals surface area contributed by atoms with Crippen LogP contribution in [0.2, 0.25) is 0 Å². The molecule has 10 nitrogen and oxygen atoms in total. The third-order valence-corrected chi connectivity index (χ3v) is 6.37. The van der Waals surface area contributed by atoms with Crippen LogP contribution in [0.4, 0.5) is 9.59 Å². The molecule has 0 saturated carbocycles. The van der Waals surface area contributed by atoms with Gasteiger partial charge in [-0.25, -0.2) is 20.0 Å². The summed E-state index contributed by atoms with van der Waals surface area (Å²) in [4.78, 5) is 26.6. The number of aliphatic hydroxyl groups is 1. The minimum Gasteiger partial charge on any atom is -0.493 e. The maximum atomic E-state index is 12.5. The van der Waals surface area contributed by atoms with Crippen molar-refractivity contribution in [1.29, 1.82) is 0 Å². The summed E-state index contributed by atoms with van der Waals surface area (Å²) in [7, 11) is 1.61. The van der Waals surface area contributed by atoms with Gasteiger partial charge < -0.3 is 24.1 Å². The number of amides is 2. The van der Waals surface area contributed by atoms with Gasteiger partial charge in [0, 0.05) is 25.1 Å². The van der Waals surface area contributed by atoms with E-state index in [1.807, 2.05) is 18.2 Å². The van der Waals surface area contributed by atoms with E-state index in [1.54, 1.807) is 21.0 Å². The summed E-state index contributed by atoms with van der Waals surface area (Å²) in [5, 5.41) is 11.3. The second kappa shape index (κ2) is 9.48. The number of rotatable bonds is 5. The Morgan fingerprint density at radius 3 is 2.82 bits per heavy atom. The molecule has 2 N–H and O–H groups in total. The largest absolute Gasteiger partial charge is 0.493 e. The first kappa shape index (κ1) is 23.2. The zero-order chi connectivity index (χ0) is 23.6. The van der Waals surface area contributed by atoms with Crippen LogP contribution in [0, 0.1) is 0 Å². The van der Waals surface area contributed by atoms with Crippen LogP contribution < -0.4 is 14.9 Å². The fraction of sp³-hybridized carbons (Fsp3) is 0.565. The van der Waals surface area contributed by atoms with E-state index in [0.29, 0.717) is 37.4 Å². The number of ether oxygens (including phenoxy) is 4. The van der Waals surface area contributed by atoms with Crippen molar-refractivity contribution in [3.63, 3.8) is 0 Å². The average molecular weight is 462 g/mol. The molecule has 10 heteroatoms. The number of methoxy groups -OCH3 is 1. The number of nitrogens with zero attached hydrogens (tertiary/aromatic N) is 2. The van der Waals surface area contributed by atoms with Gasteiger partial charge in [0.15, 0.2) is 11.5 Å². The van der Waals surface area contributed by atoms with Crippen molar-refractivity contribution >= 4 is 12.2 Å². The molecule has 0 radical (unpaired) electrons. The van der Waals surface area contributed by atoms with E-state index in [9.17, 15) is 14.7 Å². The molecule has 2 heterocycles. The van der Waals surface area contributed by atoms with E-state index >= 15 is 0 Å². The first-order valence-corrected chi connectivity index (χ1v) is 11.3. The maximum Gasteiger partial charge on any atom is 0.430 e. The molecule has 0 fully saturated rings. The van der Waals surface area contributed by atoms with Gasteiger partial charge in [0.05, 0.1) is 38.5 Å². The summed E-state index contributed by atoms with van der Waals surface area (Å²) >= 11 is 0. The highest BCUT2D eigenvalue weighted by atomic mass is 16.6. The van der Waals surface area contributed by atoms with Gasteiger partial charge in [0.2, 0.25) is 0 Å². The van der Waals surface area contributed by atoms with Crippen LogP contribution in [-0.4, -0.2) is 72.9 Å². The fourth-order valence-electron chi connectivity index (χ4n) is 4.93. The molecule has 33 heavy (non-hydrogen) atoms. The predicted octanol–water partition coefficient (Wildman–Crippen LogP) is 2.30. The Balaban J connectivity index is 1.64. The van der Waals surface area contributed by atoms with Crippen LogP contribution >= 0.6 is 0 Å². The quantitative estimate of drug-likeness (QED) is 0.508. The van der Waals surface area contributed by atoms with E-state index in [1.165, 1.54) is 0 Å². The summed E-state index contributed by atoms with van der Waals surface area (Å²) in [6.45, 7) is 5.03. The van der Waals surface area contributed by atoms with Crippen LogP contribution in [0.15, 0.2) is 24.3 Å². The number of hydrogen-bond donors (Lipinski definition) is 2. The highest BCUT2D eigenvalue weighted by Crippen LogP contribution is 2.55. The third kappa shape index (κ3) is 4.32. The molecule has 0 bridgehead atoms. The lowest BCUT2D eigenvalue weighted by molar-refractivity contribution is 0.0393. The highest BCUT2D eigenvalue weighted by Gasteiger charge is 2.52. The smallest absolute Gasteiger partial charge is 0.430 e. The Kier molecular flexibility index (Phi) is 6.66. The Morgan fingerprint density at radius 2 is 2.09 bits per heavy atom. The van der Waals surface area contributed by atoms with Crippen LogP contribution in [0.5, 0.6) is 11.5 Å². The number of nitrogens with one attached hydrogen (secondary N) is 1. The molecule has 3 aliphatic rings. The van der Waals surface area contributed by atoms with Crippen LogP contribution in [0.1, 0.15) is 37.8 Å². The summed E-state index contributed by atoms with van der Waals surface area (Å²) in [6.07, 6.45) is 2.96. The Labute approximate surface area is 193 Å². The van der Waals surface area contributed by atoms with E-state index in [-0.39, 0.29) is 26.0 Å². The summed E-state index contributed by atoms with van der Waals surface area (Å²) < 4.78 is 21.9. The number of benzene rings is 1. The van der Waals surface area contributed by atoms with E-state index in [0.717, 1.165) is 16.1 Å². The average Bonchev–Trinajstić information content (AvgIpc) is 3.03. The van der Waals surface area contributed by atoms with Gasteiger partial charge in [-0.15, -0.1) is 0 Å². The molecule has 3 atom stereocenters. The summed E-state index contributed by atoms with van der Waals surface area (Å²) in [5.41, 5.74) is 4.20. The zero-order valence-corrected chi connectivity index (χ0v) is 19.2. The molecule has 180 valence electrons. The molecule has 0 saturated heterocycles. The summed E-state index contributed by atoms with van der Waals surface area (Å²) in [6, 6.07) is 3.89. The minimum absolute atomic E-state index is 0.117. The van der Waals surface area contributed by atoms with Crippen molar-refractivity contribution in [1.82, 2.24) is 15.3 Å². The molecule has 4 rings (SSSR count). The van der Waals surface area contributed by atoms with Gasteiger partial charge in [-0.1, -0.05) is 18.2 Å². The van der Waals surface area contributed by atoms with Crippen molar-refractivity contribution in [2.45, 2.75) is 50.9 Å². The maximum absolute atomic E-state index is 12.5. The Morgan fingerprint density at radius 1 is 1.30 bits per heavy atom. The van der Waals surface area contributed by atoms with Crippen molar-refractivity contribution in [2.75, 3.05) is 33.5 Å². The number of hydrogen-bond acceptors (Lipinski definition) is 8. The predicted molar refractivity (Wildman–Crippen MR) is 118 cm³/mol. The van der Waals surface area contributed by atoms with Gasteiger partial charge in [-0.05, 0) is 31.9 Å². The number of aliphatic hydroxyl groups excluding tert-OH is 1. The van der Waals surface area contributed by atoms with Gasteiger partial charge in [0.1, 0.15) is 6.10 Å². The highest BCUT2D eigenvalue weighted by molar-refractivity contribution is 5.73. The lowest BCUT2D eigenvalue weighted by Gasteiger charge is -2.36.